The summed E-state index contributed by atoms with van der Waals surface area (Å²) in [6, 6.07) is 18.2. The first kappa shape index (κ1) is 13.3. The van der Waals surface area contributed by atoms with Gasteiger partial charge in [0.15, 0.2) is 0 Å². The number of hydrogen-bond acceptors (Lipinski definition) is 2. The molecule has 2 N–H and O–H groups in total. The van der Waals surface area contributed by atoms with Gasteiger partial charge in [0.25, 0.3) is 0 Å². The van der Waals surface area contributed by atoms with Gasteiger partial charge in [0.05, 0.1) is 11.1 Å². The van der Waals surface area contributed by atoms with Crippen molar-refractivity contribution in [3.8, 4) is 0 Å². The Balaban J connectivity index is 2.16. The fourth-order valence-electron chi connectivity index (χ4n) is 2.39. The SMILES string of the molecule is CC(N)(c1cnc2ccccc2c1)c1ccccc1Br. The highest BCUT2D eigenvalue weighted by Gasteiger charge is 2.26. The van der Waals surface area contributed by atoms with Crippen LogP contribution >= 0.6 is 15.9 Å². The van der Waals surface area contributed by atoms with Crippen LogP contribution in [0.2, 0.25) is 0 Å². The molecule has 0 spiro atoms. The highest BCUT2D eigenvalue weighted by Crippen LogP contribution is 2.32. The Kier molecular flexibility index (Phi) is 3.32. The van der Waals surface area contributed by atoms with Crippen molar-refractivity contribution in [3.63, 3.8) is 0 Å². The fourth-order valence-corrected chi connectivity index (χ4v) is 3.09. The molecule has 0 aliphatic rings. The van der Waals surface area contributed by atoms with E-state index in [1.165, 1.54) is 0 Å². The molecule has 0 saturated heterocycles. The van der Waals surface area contributed by atoms with E-state index in [-0.39, 0.29) is 0 Å². The maximum Gasteiger partial charge on any atom is 0.0702 e. The first-order valence-corrected chi connectivity index (χ1v) is 7.27. The smallest absolute Gasteiger partial charge is 0.0702 e. The minimum absolute atomic E-state index is 0.586. The van der Waals surface area contributed by atoms with E-state index in [0.717, 1.165) is 26.5 Å². The lowest BCUT2D eigenvalue weighted by Gasteiger charge is -2.27. The van der Waals surface area contributed by atoms with E-state index in [9.17, 15) is 0 Å². The van der Waals surface area contributed by atoms with Crippen molar-refractivity contribution in [2.45, 2.75) is 12.5 Å². The van der Waals surface area contributed by atoms with Crippen LogP contribution in [0, 0.1) is 0 Å². The number of halogens is 1. The van der Waals surface area contributed by atoms with Crippen molar-refractivity contribution in [1.29, 1.82) is 0 Å². The summed E-state index contributed by atoms with van der Waals surface area (Å²) < 4.78 is 1.01. The van der Waals surface area contributed by atoms with Gasteiger partial charge < -0.3 is 5.73 Å². The number of para-hydroxylation sites is 1. The first-order chi connectivity index (χ1) is 9.59. The number of benzene rings is 2. The van der Waals surface area contributed by atoms with Crippen molar-refractivity contribution in [2.75, 3.05) is 0 Å². The molecule has 0 amide bonds. The zero-order valence-corrected chi connectivity index (χ0v) is 12.8. The van der Waals surface area contributed by atoms with Crippen molar-refractivity contribution in [1.82, 2.24) is 4.98 Å². The lowest BCUT2D eigenvalue weighted by Crippen LogP contribution is -2.34. The van der Waals surface area contributed by atoms with E-state index in [0.29, 0.717) is 0 Å². The average molecular weight is 327 g/mol. The van der Waals surface area contributed by atoms with E-state index in [4.69, 9.17) is 5.73 Å². The van der Waals surface area contributed by atoms with Gasteiger partial charge in [-0.2, -0.15) is 0 Å². The predicted molar refractivity (Wildman–Crippen MR) is 86.5 cm³/mol. The maximum atomic E-state index is 6.58. The van der Waals surface area contributed by atoms with Crippen LogP contribution in [0.5, 0.6) is 0 Å². The van der Waals surface area contributed by atoms with Crippen molar-refractivity contribution < 1.29 is 0 Å². The Morgan fingerprint density at radius 3 is 2.55 bits per heavy atom. The van der Waals surface area contributed by atoms with Crippen molar-refractivity contribution in [3.05, 3.63) is 76.4 Å². The van der Waals surface area contributed by atoms with Gasteiger partial charge in [-0.3, -0.25) is 4.98 Å². The number of nitrogens with zero attached hydrogens (tertiary/aromatic N) is 1. The summed E-state index contributed by atoms with van der Waals surface area (Å²) in [6.45, 7) is 2.01. The van der Waals surface area contributed by atoms with E-state index < -0.39 is 5.54 Å². The zero-order valence-electron chi connectivity index (χ0n) is 11.2. The standard InChI is InChI=1S/C17H15BrN2/c1-17(19,14-7-3-4-8-15(14)18)13-10-12-6-2-5-9-16(12)20-11-13/h2-11H,19H2,1H3. The Labute approximate surface area is 126 Å². The molecular formula is C17H15BrN2. The van der Waals surface area contributed by atoms with Gasteiger partial charge in [-0.25, -0.2) is 0 Å². The van der Waals surface area contributed by atoms with E-state index in [2.05, 4.69) is 33.0 Å². The van der Waals surface area contributed by atoms with Crippen LogP contribution in [0.4, 0.5) is 0 Å². The largest absolute Gasteiger partial charge is 0.318 e. The summed E-state index contributed by atoms with van der Waals surface area (Å²) in [5, 5.41) is 1.11. The van der Waals surface area contributed by atoms with Crippen molar-refractivity contribution in [2.24, 2.45) is 5.73 Å². The fraction of sp³-hybridized carbons (Fsp3) is 0.118. The molecule has 1 aromatic heterocycles. The van der Waals surface area contributed by atoms with E-state index in [1.807, 2.05) is 55.6 Å². The van der Waals surface area contributed by atoms with Gasteiger partial charge in [-0.1, -0.05) is 52.3 Å². The minimum atomic E-state index is -0.586. The third-order valence-electron chi connectivity index (χ3n) is 3.62. The summed E-state index contributed by atoms with van der Waals surface area (Å²) in [7, 11) is 0. The summed E-state index contributed by atoms with van der Waals surface area (Å²) >= 11 is 3.58. The Morgan fingerprint density at radius 1 is 1.05 bits per heavy atom. The normalized spacial score (nSPS) is 14.2. The molecule has 3 heteroatoms. The van der Waals surface area contributed by atoms with Gasteiger partial charge in [0, 0.05) is 16.1 Å². The third-order valence-corrected chi connectivity index (χ3v) is 4.32. The van der Waals surface area contributed by atoms with Crippen LogP contribution in [0.15, 0.2) is 65.3 Å². The second kappa shape index (κ2) is 5.00. The van der Waals surface area contributed by atoms with Crippen molar-refractivity contribution >= 4 is 26.8 Å². The first-order valence-electron chi connectivity index (χ1n) is 6.48. The van der Waals surface area contributed by atoms with Crippen LogP contribution in [-0.4, -0.2) is 4.98 Å². The quantitative estimate of drug-likeness (QED) is 0.765. The van der Waals surface area contributed by atoms with Crippen LogP contribution in [0.25, 0.3) is 10.9 Å². The van der Waals surface area contributed by atoms with Gasteiger partial charge in [0.2, 0.25) is 0 Å². The molecular weight excluding hydrogens is 312 g/mol. The predicted octanol–water partition coefficient (Wildman–Crippen LogP) is 4.22. The maximum absolute atomic E-state index is 6.58. The number of rotatable bonds is 2. The molecule has 3 aromatic rings. The minimum Gasteiger partial charge on any atom is -0.318 e. The average Bonchev–Trinajstić information content (AvgIpc) is 2.47. The molecule has 0 fully saturated rings. The second-order valence-corrected chi connectivity index (χ2v) is 5.95. The Morgan fingerprint density at radius 2 is 1.75 bits per heavy atom. The van der Waals surface area contributed by atoms with Crippen LogP contribution < -0.4 is 5.73 Å². The number of fused-ring (bicyclic) bond motifs is 1. The number of nitrogens with two attached hydrogens (primary N) is 1. The highest BCUT2D eigenvalue weighted by molar-refractivity contribution is 9.10. The lowest BCUT2D eigenvalue weighted by molar-refractivity contribution is 0.598. The molecule has 0 bridgehead atoms. The molecule has 3 rings (SSSR count). The van der Waals surface area contributed by atoms with Gasteiger partial charge in [0.1, 0.15) is 0 Å². The lowest BCUT2D eigenvalue weighted by atomic mass is 9.86. The molecule has 2 nitrogen and oxygen atoms in total. The molecule has 0 radical (unpaired) electrons. The molecule has 0 aliphatic heterocycles. The van der Waals surface area contributed by atoms with E-state index in [1.54, 1.807) is 0 Å². The molecule has 2 aromatic carbocycles. The van der Waals surface area contributed by atoms with Crippen LogP contribution in [0.1, 0.15) is 18.1 Å². The summed E-state index contributed by atoms with van der Waals surface area (Å²) in [5.74, 6) is 0. The van der Waals surface area contributed by atoms with E-state index >= 15 is 0 Å². The monoisotopic (exact) mass is 326 g/mol. The summed E-state index contributed by atoms with van der Waals surface area (Å²) in [5.41, 5.74) is 9.04. The molecule has 0 saturated carbocycles. The number of aromatic nitrogens is 1. The van der Waals surface area contributed by atoms with Gasteiger partial charge >= 0.3 is 0 Å². The van der Waals surface area contributed by atoms with Gasteiger partial charge in [-0.15, -0.1) is 0 Å². The molecule has 20 heavy (non-hydrogen) atoms. The Hall–Kier alpha value is -1.71. The van der Waals surface area contributed by atoms with Crippen LogP contribution in [-0.2, 0) is 5.54 Å². The third kappa shape index (κ3) is 2.23. The molecule has 0 aliphatic carbocycles. The Bertz CT molecular complexity index is 766. The molecule has 100 valence electrons. The molecule has 1 unspecified atom stereocenters. The number of hydrogen-bond donors (Lipinski definition) is 1. The number of pyridine rings is 1. The second-order valence-electron chi connectivity index (χ2n) is 5.10. The topological polar surface area (TPSA) is 38.9 Å². The summed E-state index contributed by atoms with van der Waals surface area (Å²) in [6.07, 6.45) is 1.86. The van der Waals surface area contributed by atoms with Crippen LogP contribution in [0.3, 0.4) is 0 Å². The summed E-state index contributed by atoms with van der Waals surface area (Å²) in [4.78, 5) is 4.51. The zero-order chi connectivity index (χ0) is 14.2. The molecule has 1 heterocycles. The molecule has 1 atom stereocenters. The van der Waals surface area contributed by atoms with Gasteiger partial charge in [-0.05, 0) is 36.2 Å². The highest BCUT2D eigenvalue weighted by atomic mass is 79.9.